The van der Waals surface area contributed by atoms with Crippen molar-refractivity contribution in [1.82, 2.24) is 14.6 Å². The number of hydrogen-bond donors (Lipinski definition) is 1. The van der Waals surface area contributed by atoms with E-state index in [0.29, 0.717) is 17.0 Å². The van der Waals surface area contributed by atoms with E-state index >= 15 is 0 Å². The van der Waals surface area contributed by atoms with Gasteiger partial charge < -0.3 is 5.73 Å². The van der Waals surface area contributed by atoms with Gasteiger partial charge in [0.1, 0.15) is 17.5 Å². The summed E-state index contributed by atoms with van der Waals surface area (Å²) < 4.78 is 2.46. The minimum Gasteiger partial charge on any atom is -0.382 e. The van der Waals surface area contributed by atoms with Gasteiger partial charge in [-0.2, -0.15) is 14.9 Å². The Hall–Kier alpha value is -2.39. The number of aromatic nitrogens is 3. The number of halogens is 1. The summed E-state index contributed by atoms with van der Waals surface area (Å²) in [5.74, 6) is 0.300. The normalized spacial score (nSPS) is 10.5. The van der Waals surface area contributed by atoms with Gasteiger partial charge in [0.05, 0.1) is 12.4 Å². The first-order valence-electron chi connectivity index (χ1n) is 5.49. The number of nitrogens with zero attached hydrogens (tertiary/aromatic N) is 4. The van der Waals surface area contributed by atoms with Crippen molar-refractivity contribution in [1.29, 1.82) is 5.26 Å². The molecule has 3 aromatic rings. The average Bonchev–Trinajstić information content (AvgIpc) is 2.84. The van der Waals surface area contributed by atoms with E-state index in [1.165, 1.54) is 10.7 Å². The molecule has 1 aromatic carbocycles. The minimum absolute atomic E-state index is 0.300. The zero-order chi connectivity index (χ0) is 13.4. The van der Waals surface area contributed by atoms with E-state index in [4.69, 9.17) is 11.0 Å². The molecule has 0 aliphatic carbocycles. The van der Waals surface area contributed by atoms with E-state index in [-0.39, 0.29) is 0 Å². The number of nitrogens with two attached hydrogens (primary N) is 1. The molecule has 0 unspecified atom stereocenters. The topological polar surface area (TPSA) is 80.0 Å². The van der Waals surface area contributed by atoms with Crippen LogP contribution in [0.4, 0.5) is 5.82 Å². The van der Waals surface area contributed by atoms with Gasteiger partial charge in [0, 0.05) is 10.0 Å². The molecule has 19 heavy (non-hydrogen) atoms. The zero-order valence-corrected chi connectivity index (χ0v) is 11.3. The van der Waals surface area contributed by atoms with Gasteiger partial charge in [0.25, 0.3) is 0 Å². The average molecular weight is 314 g/mol. The first-order chi connectivity index (χ1) is 9.20. The van der Waals surface area contributed by atoms with Gasteiger partial charge in [0.15, 0.2) is 5.65 Å². The van der Waals surface area contributed by atoms with Gasteiger partial charge in [-0.15, -0.1) is 0 Å². The highest BCUT2D eigenvalue weighted by atomic mass is 79.9. The number of nitriles is 1. The number of benzene rings is 1. The first kappa shape index (κ1) is 11.7. The smallest absolute Gasteiger partial charge is 0.165 e. The lowest BCUT2D eigenvalue weighted by atomic mass is 10.1. The van der Waals surface area contributed by atoms with Gasteiger partial charge in [-0.05, 0) is 17.7 Å². The van der Waals surface area contributed by atoms with Crippen molar-refractivity contribution in [2.45, 2.75) is 0 Å². The Morgan fingerprint density at radius 2 is 2.16 bits per heavy atom. The van der Waals surface area contributed by atoms with Crippen molar-refractivity contribution in [3.63, 3.8) is 0 Å². The quantitative estimate of drug-likeness (QED) is 0.749. The van der Waals surface area contributed by atoms with E-state index in [9.17, 15) is 0 Å². The molecule has 0 fully saturated rings. The Morgan fingerprint density at radius 1 is 1.32 bits per heavy atom. The number of anilines is 1. The van der Waals surface area contributed by atoms with Crippen molar-refractivity contribution in [3.05, 3.63) is 46.7 Å². The third-order valence-electron chi connectivity index (χ3n) is 2.82. The summed E-state index contributed by atoms with van der Waals surface area (Å²) in [6.07, 6.45) is 3.16. The zero-order valence-electron chi connectivity index (χ0n) is 9.71. The lowest BCUT2D eigenvalue weighted by molar-refractivity contribution is 0.948. The molecule has 0 spiro atoms. The van der Waals surface area contributed by atoms with Crippen LogP contribution in [0.5, 0.6) is 0 Å². The Kier molecular flexibility index (Phi) is 2.69. The monoisotopic (exact) mass is 313 g/mol. The van der Waals surface area contributed by atoms with Crippen LogP contribution in [0.3, 0.4) is 0 Å². The number of hydrogen-bond acceptors (Lipinski definition) is 4. The van der Waals surface area contributed by atoms with Gasteiger partial charge in [-0.3, -0.25) is 0 Å². The standard InChI is InChI=1S/C13H8BrN5/c14-10-3-1-2-8(4-10)11-7-18-19-12(16)9(5-15)6-17-13(11)19/h1-4,6-7H,16H2. The van der Waals surface area contributed by atoms with Crippen molar-refractivity contribution >= 4 is 27.4 Å². The van der Waals surface area contributed by atoms with Crippen molar-refractivity contribution in [2.75, 3.05) is 5.73 Å². The second-order valence-electron chi connectivity index (χ2n) is 3.97. The molecule has 6 heteroatoms. The van der Waals surface area contributed by atoms with Crippen LogP contribution in [-0.2, 0) is 0 Å². The van der Waals surface area contributed by atoms with E-state index < -0.39 is 0 Å². The van der Waals surface area contributed by atoms with E-state index in [1.807, 2.05) is 30.3 Å². The molecule has 3 rings (SSSR count). The van der Waals surface area contributed by atoms with E-state index in [2.05, 4.69) is 26.0 Å². The third-order valence-corrected chi connectivity index (χ3v) is 3.31. The third kappa shape index (κ3) is 1.84. The van der Waals surface area contributed by atoms with Crippen LogP contribution in [0.2, 0.25) is 0 Å². The van der Waals surface area contributed by atoms with Crippen molar-refractivity contribution < 1.29 is 0 Å². The van der Waals surface area contributed by atoms with Crippen molar-refractivity contribution in [3.8, 4) is 17.2 Å². The molecular weight excluding hydrogens is 306 g/mol. The maximum atomic E-state index is 8.92. The van der Waals surface area contributed by atoms with E-state index in [1.54, 1.807) is 6.20 Å². The maximum absolute atomic E-state index is 8.92. The van der Waals surface area contributed by atoms with Gasteiger partial charge in [0.2, 0.25) is 0 Å². The van der Waals surface area contributed by atoms with Crippen LogP contribution >= 0.6 is 15.9 Å². The molecule has 0 amide bonds. The summed E-state index contributed by atoms with van der Waals surface area (Å²) >= 11 is 3.43. The second kappa shape index (κ2) is 4.37. The van der Waals surface area contributed by atoms with Gasteiger partial charge >= 0.3 is 0 Å². The SMILES string of the molecule is N#Cc1cnc2c(-c3cccc(Br)c3)cnn2c1N. The Morgan fingerprint density at radius 3 is 2.89 bits per heavy atom. The number of fused-ring (bicyclic) bond motifs is 1. The van der Waals surface area contributed by atoms with E-state index in [0.717, 1.165) is 15.6 Å². The summed E-state index contributed by atoms with van der Waals surface area (Å²) in [7, 11) is 0. The molecule has 0 aliphatic rings. The summed E-state index contributed by atoms with van der Waals surface area (Å²) in [5.41, 5.74) is 8.69. The molecule has 0 saturated carbocycles. The first-order valence-corrected chi connectivity index (χ1v) is 6.28. The van der Waals surface area contributed by atoms with Crippen LogP contribution < -0.4 is 5.73 Å². The maximum Gasteiger partial charge on any atom is 0.165 e. The Bertz CT molecular complexity index is 816. The highest BCUT2D eigenvalue weighted by Crippen LogP contribution is 2.27. The second-order valence-corrected chi connectivity index (χ2v) is 4.89. The summed E-state index contributed by atoms with van der Waals surface area (Å²) in [5, 5.41) is 13.1. The number of nitrogen functional groups attached to an aromatic ring is 1. The predicted octanol–water partition coefficient (Wildman–Crippen LogP) is 2.61. The fourth-order valence-electron chi connectivity index (χ4n) is 1.89. The van der Waals surface area contributed by atoms with Crippen LogP contribution in [0.15, 0.2) is 41.1 Å². The molecule has 0 atom stereocenters. The molecule has 0 saturated heterocycles. The molecule has 0 bridgehead atoms. The van der Waals surface area contributed by atoms with Crippen LogP contribution in [-0.4, -0.2) is 14.6 Å². The summed E-state index contributed by atoms with van der Waals surface area (Å²) in [6.45, 7) is 0. The summed E-state index contributed by atoms with van der Waals surface area (Å²) in [4.78, 5) is 4.26. The Labute approximate surface area is 117 Å². The van der Waals surface area contributed by atoms with Crippen LogP contribution in [0.1, 0.15) is 5.56 Å². The summed E-state index contributed by atoms with van der Waals surface area (Å²) in [6, 6.07) is 9.83. The fraction of sp³-hybridized carbons (Fsp3) is 0. The van der Waals surface area contributed by atoms with Crippen LogP contribution in [0, 0.1) is 11.3 Å². The molecule has 0 radical (unpaired) electrons. The van der Waals surface area contributed by atoms with Gasteiger partial charge in [-0.25, -0.2) is 4.98 Å². The Balaban J connectivity index is 2.28. The molecular formula is C13H8BrN5. The highest BCUT2D eigenvalue weighted by Gasteiger charge is 2.12. The molecule has 2 heterocycles. The molecule has 0 aliphatic heterocycles. The fourth-order valence-corrected chi connectivity index (χ4v) is 2.29. The molecule has 2 aromatic heterocycles. The van der Waals surface area contributed by atoms with Gasteiger partial charge in [-0.1, -0.05) is 28.1 Å². The molecule has 5 nitrogen and oxygen atoms in total. The van der Waals surface area contributed by atoms with Crippen molar-refractivity contribution in [2.24, 2.45) is 0 Å². The molecule has 2 N–H and O–H groups in total. The molecule has 92 valence electrons. The van der Waals surface area contributed by atoms with Crippen LogP contribution in [0.25, 0.3) is 16.8 Å². The lowest BCUT2D eigenvalue weighted by Crippen LogP contribution is -2.02. The largest absolute Gasteiger partial charge is 0.382 e. The number of rotatable bonds is 1. The highest BCUT2D eigenvalue weighted by molar-refractivity contribution is 9.10. The minimum atomic E-state index is 0.300. The predicted molar refractivity (Wildman–Crippen MR) is 75.3 cm³/mol. The lowest BCUT2D eigenvalue weighted by Gasteiger charge is -2.02.